The molecule has 6 aliphatic rings. The normalized spacial score (nSPS) is 27.1. The van der Waals surface area contributed by atoms with Crippen molar-refractivity contribution < 1.29 is 28.6 Å². The molecule has 2 saturated carbocycles. The minimum absolute atomic E-state index is 0.120. The molecule has 3 saturated heterocycles. The molecule has 2 aliphatic carbocycles. The summed E-state index contributed by atoms with van der Waals surface area (Å²) in [6.07, 6.45) is 6.42. The number of methoxy groups -OCH3 is 1. The third-order valence-electron chi connectivity index (χ3n) is 14.2. The number of nitrogens with zero attached hydrogens (tertiary/aromatic N) is 6. The van der Waals surface area contributed by atoms with Crippen LogP contribution in [-0.4, -0.2) is 120 Å². The molecule has 2 amide bonds. The van der Waals surface area contributed by atoms with E-state index in [0.29, 0.717) is 39.0 Å². The van der Waals surface area contributed by atoms with Crippen LogP contribution in [0.1, 0.15) is 75.7 Å². The summed E-state index contributed by atoms with van der Waals surface area (Å²) < 4.78 is 20.1. The Labute approximate surface area is 367 Å². The zero-order chi connectivity index (χ0) is 42.9. The molecule has 10 rings (SSSR count). The van der Waals surface area contributed by atoms with Gasteiger partial charge in [-0.05, 0) is 81.5 Å². The number of ether oxygens (including phenoxy) is 3. The number of amides is 2. The first-order valence-electron chi connectivity index (χ1n) is 22.7. The molecular weight excluding hydrogens is 805 g/mol. The molecule has 6 bridgehead atoms. The maximum Gasteiger partial charge on any atom is 0.324 e. The van der Waals surface area contributed by atoms with E-state index in [1.807, 2.05) is 6.20 Å². The number of thiazole rings is 1. The Morgan fingerprint density at radius 2 is 1.87 bits per heavy atom. The average Bonchev–Trinajstić information content (AvgIpc) is 4.11. The molecule has 0 spiro atoms. The van der Waals surface area contributed by atoms with Crippen molar-refractivity contribution in [2.75, 3.05) is 64.6 Å². The van der Waals surface area contributed by atoms with E-state index in [2.05, 4.69) is 82.4 Å². The summed E-state index contributed by atoms with van der Waals surface area (Å²) in [5.74, 6) is -0.521. The van der Waals surface area contributed by atoms with Crippen molar-refractivity contribution in [3.05, 3.63) is 52.1 Å². The smallest absolute Gasteiger partial charge is 0.324 e. The molecule has 5 fully saturated rings. The molecule has 4 aromatic rings. The third-order valence-corrected chi connectivity index (χ3v) is 15.1. The number of rotatable bonds is 8. The van der Waals surface area contributed by atoms with Crippen molar-refractivity contribution in [3.63, 3.8) is 0 Å². The van der Waals surface area contributed by atoms with Crippen LogP contribution in [0, 0.1) is 23.2 Å². The number of pyridine rings is 1. The van der Waals surface area contributed by atoms with Crippen LogP contribution >= 0.6 is 11.3 Å². The summed E-state index contributed by atoms with van der Waals surface area (Å²) in [5, 5.41) is 8.52. The van der Waals surface area contributed by atoms with Crippen molar-refractivity contribution in [2.45, 2.75) is 97.0 Å². The summed E-state index contributed by atoms with van der Waals surface area (Å²) >= 11 is 1.49. The number of aromatic nitrogens is 3. The van der Waals surface area contributed by atoms with E-state index < -0.39 is 17.5 Å². The summed E-state index contributed by atoms with van der Waals surface area (Å²) in [7, 11) is 1.74. The number of hydrogen-bond acceptors (Lipinski definition) is 12. The molecule has 14 nitrogen and oxygen atoms in total. The highest BCUT2D eigenvalue weighted by Crippen LogP contribution is 2.51. The lowest BCUT2D eigenvalue weighted by Crippen LogP contribution is -2.60. The van der Waals surface area contributed by atoms with Gasteiger partial charge >= 0.3 is 5.97 Å². The molecule has 1 aromatic carbocycles. The van der Waals surface area contributed by atoms with Crippen LogP contribution in [0.25, 0.3) is 33.4 Å². The summed E-state index contributed by atoms with van der Waals surface area (Å²) in [5.41, 5.74) is 10.9. The van der Waals surface area contributed by atoms with Crippen molar-refractivity contribution >= 4 is 45.7 Å². The molecule has 6 atom stereocenters. The van der Waals surface area contributed by atoms with E-state index in [9.17, 15) is 14.4 Å². The molecule has 62 heavy (non-hydrogen) atoms. The molecule has 7 heterocycles. The highest BCUT2D eigenvalue weighted by Gasteiger charge is 2.58. The van der Waals surface area contributed by atoms with Gasteiger partial charge < -0.3 is 29.0 Å². The second kappa shape index (κ2) is 16.6. The zero-order valence-corrected chi connectivity index (χ0v) is 37.5. The Balaban J connectivity index is 1.06. The van der Waals surface area contributed by atoms with Crippen molar-refractivity contribution in [3.8, 4) is 22.5 Å². The van der Waals surface area contributed by atoms with Crippen molar-refractivity contribution in [2.24, 2.45) is 23.2 Å². The van der Waals surface area contributed by atoms with Gasteiger partial charge in [-0.15, -0.1) is 11.3 Å². The zero-order valence-electron chi connectivity index (χ0n) is 36.7. The molecule has 3 aromatic heterocycles. The number of fused-ring (bicyclic) bond motifs is 7. The molecule has 2 N–H and O–H groups in total. The standard InChI is InChI=1S/C47H60N8O6S/c1-6-54-39-12-9-28-18-31(39)33(43(54)32-19-30(22-48-42(32)27(2)59-5)53-16-14-52(15-17-53)29-10-11-29)21-47(3,4)26-61-46(58)36-8-7-13-55(51-36)45(57)37(20-40-49-38(28)25-62-40)50-44(56)41-34-23-60-24-35(34)41/h9,12,18-19,22,25,27,29,34-37,41,51H,6-8,10-11,13-17,20-21,23-24,26H2,1-5H3,(H,50,56)/t27-,34-,35+,36-,37-,41?/m0/s1. The predicted molar refractivity (Wildman–Crippen MR) is 237 cm³/mol. The minimum atomic E-state index is -0.853. The number of carbonyl (C=O) groups is 3. The quantitative estimate of drug-likeness (QED) is 0.221. The van der Waals surface area contributed by atoms with E-state index >= 15 is 0 Å². The SMILES string of the molecule is CCn1c(-c2cc(N3CCN(C4CC4)CC3)cnc2[C@H](C)OC)c2c3cc(ccc31)-c1csc(n1)C[C@H](NC(=O)C1[C@H]3COC[C@@H]13)C(=O)N1CCC[C@H](N1)C(=O)OCC(C)(C)C2. The van der Waals surface area contributed by atoms with Gasteiger partial charge in [-0.25, -0.2) is 10.4 Å². The van der Waals surface area contributed by atoms with Gasteiger partial charge in [-0.2, -0.15) is 0 Å². The highest BCUT2D eigenvalue weighted by atomic mass is 32.1. The predicted octanol–water partition coefficient (Wildman–Crippen LogP) is 5.38. The Morgan fingerprint density at radius 1 is 1.08 bits per heavy atom. The molecule has 1 unspecified atom stereocenters. The first-order chi connectivity index (χ1) is 30.0. The van der Waals surface area contributed by atoms with E-state index in [-0.39, 0.29) is 54.7 Å². The van der Waals surface area contributed by atoms with E-state index in [1.165, 1.54) is 29.2 Å². The first-order valence-corrected chi connectivity index (χ1v) is 23.6. The third kappa shape index (κ3) is 7.92. The van der Waals surface area contributed by atoms with Crippen LogP contribution in [0.3, 0.4) is 0 Å². The van der Waals surface area contributed by atoms with Crippen molar-refractivity contribution in [1.82, 2.24) is 35.2 Å². The van der Waals surface area contributed by atoms with E-state index in [1.54, 1.807) is 7.11 Å². The van der Waals surface area contributed by atoms with Crippen LogP contribution in [-0.2, 0) is 48.0 Å². The average molecular weight is 865 g/mol. The molecular formula is C47H60N8O6S. The lowest BCUT2D eigenvalue weighted by atomic mass is 9.84. The van der Waals surface area contributed by atoms with Gasteiger partial charge in [0.2, 0.25) is 5.91 Å². The number of carbonyl (C=O) groups excluding carboxylic acids is 3. The van der Waals surface area contributed by atoms with Crippen LogP contribution in [0.15, 0.2) is 35.8 Å². The number of anilines is 1. The van der Waals surface area contributed by atoms with Gasteiger partial charge in [0.05, 0.1) is 59.9 Å². The van der Waals surface area contributed by atoms with Gasteiger partial charge in [0, 0.05) is 97.6 Å². The number of benzene rings is 1. The molecule has 0 radical (unpaired) electrons. The molecule has 4 aliphatic heterocycles. The Morgan fingerprint density at radius 3 is 2.61 bits per heavy atom. The van der Waals surface area contributed by atoms with Gasteiger partial charge in [0.15, 0.2) is 0 Å². The number of hydrazine groups is 1. The number of hydrogen-bond donors (Lipinski definition) is 2. The number of aryl methyl sites for hydroxylation is 1. The number of cyclic esters (lactones) is 1. The summed E-state index contributed by atoms with van der Waals surface area (Å²) in [6, 6.07) is 8.11. The Kier molecular flexibility index (Phi) is 11.1. The Hall–Kier alpha value is -4.41. The lowest BCUT2D eigenvalue weighted by molar-refractivity contribution is -0.155. The van der Waals surface area contributed by atoms with E-state index in [0.717, 1.165) is 94.1 Å². The van der Waals surface area contributed by atoms with E-state index in [4.69, 9.17) is 24.2 Å². The summed E-state index contributed by atoms with van der Waals surface area (Å²) in [6.45, 7) is 15.1. The largest absolute Gasteiger partial charge is 0.464 e. The van der Waals surface area contributed by atoms with Crippen LogP contribution in [0.4, 0.5) is 5.69 Å². The fourth-order valence-corrected chi connectivity index (χ4v) is 11.3. The van der Waals surface area contributed by atoms with Crippen LogP contribution < -0.4 is 15.6 Å². The van der Waals surface area contributed by atoms with Crippen LogP contribution in [0.2, 0.25) is 0 Å². The molecule has 330 valence electrons. The van der Waals surface area contributed by atoms with Gasteiger partial charge in [0.25, 0.3) is 5.91 Å². The lowest BCUT2D eigenvalue weighted by Gasteiger charge is -2.36. The fraction of sp³-hybridized carbons (Fsp3) is 0.596. The number of esters is 1. The van der Waals surface area contributed by atoms with Gasteiger partial charge in [-0.1, -0.05) is 19.9 Å². The Bertz CT molecular complexity index is 2360. The topological polar surface area (TPSA) is 143 Å². The highest BCUT2D eigenvalue weighted by molar-refractivity contribution is 7.10. The monoisotopic (exact) mass is 864 g/mol. The fourth-order valence-electron chi connectivity index (χ4n) is 10.5. The first kappa shape index (κ1) is 41.6. The van der Waals surface area contributed by atoms with Crippen molar-refractivity contribution in [1.29, 1.82) is 0 Å². The molecule has 15 heteroatoms. The second-order valence-electron chi connectivity index (χ2n) is 19.1. The van der Waals surface area contributed by atoms with Gasteiger partial charge in [-0.3, -0.25) is 29.3 Å². The minimum Gasteiger partial charge on any atom is -0.464 e. The number of nitrogens with one attached hydrogen (secondary N) is 2. The second-order valence-corrected chi connectivity index (χ2v) is 20.0. The van der Waals surface area contributed by atoms with Gasteiger partial charge in [0.1, 0.15) is 12.1 Å². The summed E-state index contributed by atoms with van der Waals surface area (Å²) in [4.78, 5) is 57.2. The van der Waals surface area contributed by atoms with Crippen LogP contribution in [0.5, 0.6) is 0 Å². The maximum absolute atomic E-state index is 14.3. The number of piperazine rings is 1. The maximum atomic E-state index is 14.3.